The minimum absolute atomic E-state index is 0.139. The van der Waals surface area contributed by atoms with Crippen LogP contribution in [0.3, 0.4) is 0 Å². The van der Waals surface area contributed by atoms with Gasteiger partial charge in [0.25, 0.3) is 5.91 Å². The summed E-state index contributed by atoms with van der Waals surface area (Å²) in [4.78, 5) is 25.4. The topological polar surface area (TPSA) is 72.1 Å². The van der Waals surface area contributed by atoms with Gasteiger partial charge in [-0.25, -0.2) is 5.01 Å². The third kappa shape index (κ3) is 3.56. The number of fused-ring (bicyclic) bond motifs is 2. The van der Waals surface area contributed by atoms with Crippen LogP contribution in [0.4, 0.5) is 0 Å². The second-order valence-electron chi connectivity index (χ2n) is 8.02. The summed E-state index contributed by atoms with van der Waals surface area (Å²) >= 11 is 5.98. The molecule has 2 bridgehead atoms. The number of amides is 1. The molecule has 30 heavy (non-hydrogen) atoms. The van der Waals surface area contributed by atoms with E-state index in [1.807, 2.05) is 18.2 Å². The zero-order valence-electron chi connectivity index (χ0n) is 16.2. The summed E-state index contributed by atoms with van der Waals surface area (Å²) < 4.78 is 10.9. The number of hydrazone groups is 1. The van der Waals surface area contributed by atoms with Gasteiger partial charge in [-0.2, -0.15) is 5.10 Å². The van der Waals surface area contributed by atoms with Crippen molar-refractivity contribution in [2.75, 3.05) is 6.61 Å². The maximum absolute atomic E-state index is 12.9. The molecule has 2 aromatic rings. The number of hydrogen-bond donors (Lipinski definition) is 0. The highest BCUT2D eigenvalue weighted by Gasteiger charge is 2.41. The van der Waals surface area contributed by atoms with Gasteiger partial charge in [-0.15, -0.1) is 0 Å². The average molecular weight is 425 g/mol. The molecule has 1 aliphatic heterocycles. The number of furan rings is 1. The molecule has 1 aromatic carbocycles. The van der Waals surface area contributed by atoms with Gasteiger partial charge in [0, 0.05) is 11.4 Å². The lowest BCUT2D eigenvalue weighted by molar-refractivity contribution is -0.157. The maximum atomic E-state index is 12.9. The molecule has 0 spiro atoms. The highest BCUT2D eigenvalue weighted by atomic mass is 35.5. The van der Waals surface area contributed by atoms with E-state index >= 15 is 0 Å². The molecule has 154 valence electrons. The minimum Gasteiger partial charge on any atom is -0.467 e. The summed E-state index contributed by atoms with van der Waals surface area (Å²) in [7, 11) is 0. The third-order valence-corrected chi connectivity index (χ3v) is 6.39. The van der Waals surface area contributed by atoms with Gasteiger partial charge < -0.3 is 9.15 Å². The lowest BCUT2D eigenvalue weighted by Crippen LogP contribution is -2.32. The first kappa shape index (κ1) is 19.1. The Morgan fingerprint density at radius 1 is 1.17 bits per heavy atom. The lowest BCUT2D eigenvalue weighted by Gasteiger charge is -2.21. The van der Waals surface area contributed by atoms with Crippen LogP contribution in [0, 0.1) is 17.8 Å². The molecule has 3 aliphatic rings. The first-order chi connectivity index (χ1) is 14.6. The van der Waals surface area contributed by atoms with Crippen LogP contribution in [0.15, 0.2) is 64.3 Å². The van der Waals surface area contributed by atoms with Gasteiger partial charge in [-0.3, -0.25) is 9.59 Å². The fraction of sp³-hybridized carbons (Fsp3) is 0.348. The molecule has 7 heteroatoms. The Morgan fingerprint density at radius 3 is 2.67 bits per heavy atom. The molecular formula is C23H21ClN2O4. The largest absolute Gasteiger partial charge is 0.467 e. The van der Waals surface area contributed by atoms with Crippen LogP contribution in [0.5, 0.6) is 0 Å². The second-order valence-corrected chi connectivity index (χ2v) is 8.46. The van der Waals surface area contributed by atoms with E-state index in [0.29, 0.717) is 23.1 Å². The summed E-state index contributed by atoms with van der Waals surface area (Å²) in [6.45, 7) is -0.328. The number of carbonyl (C=O) groups is 2. The molecule has 1 fully saturated rings. The number of carbonyl (C=O) groups excluding carboxylic acids is 2. The van der Waals surface area contributed by atoms with Crippen molar-refractivity contribution < 1.29 is 18.7 Å². The van der Waals surface area contributed by atoms with E-state index in [0.717, 1.165) is 24.1 Å². The van der Waals surface area contributed by atoms with E-state index in [1.54, 1.807) is 24.5 Å². The summed E-state index contributed by atoms with van der Waals surface area (Å²) in [5, 5.41) is 6.54. The van der Waals surface area contributed by atoms with Gasteiger partial charge in [0.05, 0.1) is 17.9 Å². The van der Waals surface area contributed by atoms with Crippen molar-refractivity contribution in [3.05, 3.63) is 71.2 Å². The summed E-state index contributed by atoms with van der Waals surface area (Å²) in [6, 6.07) is 10.5. The number of allylic oxidation sites excluding steroid dienone is 2. The predicted molar refractivity (Wildman–Crippen MR) is 111 cm³/mol. The first-order valence-electron chi connectivity index (χ1n) is 10.1. The Hall–Kier alpha value is -2.86. The Bertz CT molecular complexity index is 1010. The van der Waals surface area contributed by atoms with E-state index in [1.165, 1.54) is 5.01 Å². The monoisotopic (exact) mass is 424 g/mol. The van der Waals surface area contributed by atoms with Crippen LogP contribution in [0.1, 0.15) is 36.6 Å². The molecule has 0 N–H and O–H groups in total. The summed E-state index contributed by atoms with van der Waals surface area (Å²) in [5.74, 6) is 0.552. The molecule has 2 heterocycles. The van der Waals surface area contributed by atoms with Crippen molar-refractivity contribution in [3.8, 4) is 0 Å². The molecule has 2 aliphatic carbocycles. The molecule has 0 radical (unpaired) electrons. The van der Waals surface area contributed by atoms with Crippen molar-refractivity contribution in [2.24, 2.45) is 22.9 Å². The Morgan fingerprint density at radius 2 is 2.00 bits per heavy atom. The molecular weight excluding hydrogens is 404 g/mol. The number of nitrogens with zero attached hydrogens (tertiary/aromatic N) is 2. The zero-order chi connectivity index (χ0) is 20.7. The van der Waals surface area contributed by atoms with Gasteiger partial charge >= 0.3 is 5.97 Å². The molecule has 5 rings (SSSR count). The molecule has 6 nitrogen and oxygen atoms in total. The van der Waals surface area contributed by atoms with Crippen LogP contribution < -0.4 is 0 Å². The van der Waals surface area contributed by atoms with Gasteiger partial charge in [0.15, 0.2) is 6.61 Å². The van der Waals surface area contributed by atoms with Crippen molar-refractivity contribution in [2.45, 2.75) is 25.3 Å². The van der Waals surface area contributed by atoms with Crippen LogP contribution in [-0.2, 0) is 14.3 Å². The Balaban J connectivity index is 1.30. The minimum atomic E-state index is -0.373. The maximum Gasteiger partial charge on any atom is 0.310 e. The second kappa shape index (κ2) is 7.76. The molecule has 1 aromatic heterocycles. The van der Waals surface area contributed by atoms with Gasteiger partial charge in [0.2, 0.25) is 0 Å². The van der Waals surface area contributed by atoms with Crippen molar-refractivity contribution in [1.82, 2.24) is 5.01 Å². The number of ether oxygens (including phenoxy) is 1. The number of halogens is 1. The highest BCUT2D eigenvalue weighted by Crippen LogP contribution is 2.44. The molecule has 0 saturated heterocycles. The van der Waals surface area contributed by atoms with Crippen LogP contribution in [0.2, 0.25) is 5.02 Å². The highest BCUT2D eigenvalue weighted by molar-refractivity contribution is 6.30. The molecule has 4 unspecified atom stereocenters. The molecule has 4 atom stereocenters. The summed E-state index contributed by atoms with van der Waals surface area (Å²) in [6.07, 6.45) is 8.16. The van der Waals surface area contributed by atoms with Crippen LogP contribution >= 0.6 is 11.6 Å². The molecule has 1 amide bonds. The number of esters is 1. The fourth-order valence-electron chi connectivity index (χ4n) is 4.62. The lowest BCUT2D eigenvalue weighted by atomic mass is 9.94. The van der Waals surface area contributed by atoms with Gasteiger partial charge in [0.1, 0.15) is 11.8 Å². The average Bonchev–Trinajstić information content (AvgIpc) is 3.55. The number of benzene rings is 1. The van der Waals surface area contributed by atoms with Crippen molar-refractivity contribution >= 4 is 29.2 Å². The van der Waals surface area contributed by atoms with E-state index in [4.69, 9.17) is 20.8 Å². The van der Waals surface area contributed by atoms with Crippen LogP contribution in [0.25, 0.3) is 0 Å². The normalized spacial score (nSPS) is 26.8. The third-order valence-electron chi connectivity index (χ3n) is 6.13. The van der Waals surface area contributed by atoms with E-state index in [2.05, 4.69) is 17.3 Å². The zero-order valence-corrected chi connectivity index (χ0v) is 17.0. The first-order valence-corrected chi connectivity index (χ1v) is 10.5. The Kier molecular flexibility index (Phi) is 4.95. The fourth-order valence-corrected chi connectivity index (χ4v) is 4.74. The van der Waals surface area contributed by atoms with E-state index in [9.17, 15) is 9.59 Å². The van der Waals surface area contributed by atoms with E-state index < -0.39 is 0 Å². The number of hydrogen-bond acceptors (Lipinski definition) is 5. The van der Waals surface area contributed by atoms with Crippen molar-refractivity contribution in [3.63, 3.8) is 0 Å². The Labute approximate surface area is 179 Å². The quantitative estimate of drug-likeness (QED) is 0.528. The molecule has 1 saturated carbocycles. The predicted octanol–water partition coefficient (Wildman–Crippen LogP) is 4.37. The smallest absolute Gasteiger partial charge is 0.310 e. The van der Waals surface area contributed by atoms with E-state index in [-0.39, 0.29) is 36.4 Å². The standard InChI is InChI=1S/C23H21ClN2O4/c24-17-7-5-15(6-8-17)19-12-20(21-2-1-9-29-21)26(25-19)22(27)13-30-23(28)18-11-14-3-4-16(18)10-14/h1-9,14,16,18,20H,10-13H2. The number of rotatable bonds is 5. The van der Waals surface area contributed by atoms with Crippen LogP contribution in [-0.4, -0.2) is 29.2 Å². The van der Waals surface area contributed by atoms with Crippen molar-refractivity contribution in [1.29, 1.82) is 0 Å². The van der Waals surface area contributed by atoms with Gasteiger partial charge in [-0.1, -0.05) is 35.9 Å². The SMILES string of the molecule is O=C(OCC(=O)N1N=C(c2ccc(Cl)cc2)CC1c1ccco1)C1CC2C=CC1C2. The van der Waals surface area contributed by atoms with Gasteiger partial charge in [-0.05, 0) is 54.5 Å². The summed E-state index contributed by atoms with van der Waals surface area (Å²) in [5.41, 5.74) is 1.64.